The quantitative estimate of drug-likeness (QED) is 0.194. The molecule has 47 heavy (non-hydrogen) atoms. The van der Waals surface area contributed by atoms with E-state index in [1.807, 2.05) is 53.7 Å². The van der Waals surface area contributed by atoms with E-state index < -0.39 is 46.9 Å². The maximum atomic E-state index is 13.9. The lowest BCUT2D eigenvalue weighted by atomic mass is 9.55. The number of hydrogen-bond donors (Lipinski definition) is 4. The van der Waals surface area contributed by atoms with Gasteiger partial charge in [0.05, 0.1) is 11.3 Å². The van der Waals surface area contributed by atoms with Crippen LogP contribution in [0.4, 0.5) is 29.3 Å². The molecule has 1 saturated carbocycles. The summed E-state index contributed by atoms with van der Waals surface area (Å²) in [6, 6.07) is 11.8. The van der Waals surface area contributed by atoms with E-state index in [0.717, 1.165) is 36.0 Å². The van der Waals surface area contributed by atoms with Gasteiger partial charge in [0.2, 0.25) is 0 Å². The monoisotopic (exact) mass is 653 g/mol. The van der Waals surface area contributed by atoms with E-state index in [9.17, 15) is 32.7 Å². The number of aryl methyl sites for hydroxylation is 3. The Balaban J connectivity index is 1.71. The fourth-order valence-electron chi connectivity index (χ4n) is 6.82. The number of aliphatic carboxylic acids is 1. The molecule has 0 saturated heterocycles. The Labute approximate surface area is 273 Å². The molecule has 8 nitrogen and oxygen atoms in total. The number of ether oxygens (including phenoxy) is 1. The highest BCUT2D eigenvalue weighted by Gasteiger charge is 2.52. The molecule has 3 aromatic rings. The van der Waals surface area contributed by atoms with Crippen LogP contribution in [-0.2, 0) is 4.79 Å². The number of carbonyl (C=O) groups is 3. The lowest BCUT2D eigenvalue weighted by molar-refractivity contribution is -0.274. The molecule has 1 aliphatic carbocycles. The first-order chi connectivity index (χ1) is 21.9. The third kappa shape index (κ3) is 8.25. The van der Waals surface area contributed by atoms with E-state index in [1.54, 1.807) is 6.07 Å². The van der Waals surface area contributed by atoms with Crippen LogP contribution in [0.1, 0.15) is 79.9 Å². The molecular weight excluding hydrogens is 611 g/mol. The molecule has 0 spiro atoms. The van der Waals surface area contributed by atoms with Crippen molar-refractivity contribution in [3.8, 4) is 16.9 Å². The first-order valence-corrected chi connectivity index (χ1v) is 15.6. The molecule has 0 aromatic heterocycles. The number of halogens is 3. The summed E-state index contributed by atoms with van der Waals surface area (Å²) < 4.78 is 42.0. The second kappa shape index (κ2) is 13.7. The fourth-order valence-corrected chi connectivity index (χ4v) is 6.82. The number of rotatable bonds is 8. The van der Waals surface area contributed by atoms with Gasteiger partial charge in [-0.05, 0) is 85.5 Å². The van der Waals surface area contributed by atoms with Gasteiger partial charge in [-0.15, -0.1) is 13.2 Å². The van der Waals surface area contributed by atoms with E-state index >= 15 is 0 Å². The van der Waals surface area contributed by atoms with Crippen molar-refractivity contribution in [2.24, 2.45) is 10.8 Å². The highest BCUT2D eigenvalue weighted by atomic mass is 19.4. The van der Waals surface area contributed by atoms with Crippen LogP contribution in [0, 0.1) is 31.6 Å². The Hall–Kier alpha value is -4.54. The van der Waals surface area contributed by atoms with Crippen molar-refractivity contribution in [2.45, 2.75) is 86.1 Å². The van der Waals surface area contributed by atoms with E-state index in [4.69, 9.17) is 0 Å². The average molecular weight is 654 g/mol. The molecule has 0 radical (unpaired) electrons. The van der Waals surface area contributed by atoms with Gasteiger partial charge in [0, 0.05) is 11.1 Å². The van der Waals surface area contributed by atoms with Crippen LogP contribution in [0.15, 0.2) is 54.6 Å². The van der Waals surface area contributed by atoms with Gasteiger partial charge < -0.3 is 25.8 Å². The minimum atomic E-state index is -4.84. The zero-order chi connectivity index (χ0) is 34.7. The summed E-state index contributed by atoms with van der Waals surface area (Å²) in [5.41, 5.74) is 3.30. The molecule has 1 aliphatic rings. The molecule has 3 aromatic carbocycles. The lowest BCUT2D eigenvalue weighted by Gasteiger charge is -2.51. The van der Waals surface area contributed by atoms with Crippen LogP contribution in [0.3, 0.4) is 0 Å². The number of amides is 3. The Morgan fingerprint density at radius 2 is 1.40 bits per heavy atom. The summed E-state index contributed by atoms with van der Waals surface area (Å²) >= 11 is 0. The maximum absolute atomic E-state index is 13.9. The summed E-state index contributed by atoms with van der Waals surface area (Å²) in [4.78, 5) is 40.0. The molecule has 4 N–H and O–H groups in total. The molecule has 3 amide bonds. The maximum Gasteiger partial charge on any atom is 0.573 e. The van der Waals surface area contributed by atoms with Gasteiger partial charge in [-0.1, -0.05) is 75.9 Å². The first kappa shape index (κ1) is 35.3. The van der Waals surface area contributed by atoms with Crippen molar-refractivity contribution in [3.05, 3.63) is 76.9 Å². The van der Waals surface area contributed by atoms with Gasteiger partial charge in [-0.2, -0.15) is 0 Å². The molecule has 1 atom stereocenters. The lowest BCUT2D eigenvalue weighted by Crippen LogP contribution is -2.58. The Kier molecular flexibility index (Phi) is 10.3. The zero-order valence-corrected chi connectivity index (χ0v) is 27.5. The van der Waals surface area contributed by atoms with Crippen LogP contribution in [0.25, 0.3) is 11.1 Å². The Morgan fingerprint density at radius 1 is 0.830 bits per heavy atom. The van der Waals surface area contributed by atoms with Gasteiger partial charge in [0.25, 0.3) is 5.91 Å². The van der Waals surface area contributed by atoms with Crippen molar-refractivity contribution in [1.82, 2.24) is 5.32 Å². The molecule has 0 aliphatic heterocycles. The second-order valence-corrected chi connectivity index (χ2v) is 13.4. The highest BCUT2D eigenvalue weighted by Crippen LogP contribution is 2.52. The Morgan fingerprint density at radius 3 is 1.94 bits per heavy atom. The molecule has 0 bridgehead atoms. The number of urea groups is 1. The van der Waals surface area contributed by atoms with Crippen molar-refractivity contribution < 1.29 is 37.4 Å². The average Bonchev–Trinajstić information content (AvgIpc) is 2.97. The van der Waals surface area contributed by atoms with Crippen molar-refractivity contribution in [1.29, 1.82) is 0 Å². The molecule has 0 unspecified atom stereocenters. The second-order valence-electron chi connectivity index (χ2n) is 13.4. The van der Waals surface area contributed by atoms with Crippen molar-refractivity contribution in [3.63, 3.8) is 0 Å². The number of benzene rings is 3. The minimum Gasteiger partial charge on any atom is -0.480 e. The Bertz CT molecular complexity index is 1620. The number of carbonyl (C=O) groups excluding carboxylic acids is 2. The van der Waals surface area contributed by atoms with Gasteiger partial charge >= 0.3 is 18.4 Å². The van der Waals surface area contributed by atoms with Crippen LogP contribution in [-0.4, -0.2) is 35.4 Å². The molecular formula is C36H42F3N3O5. The van der Waals surface area contributed by atoms with E-state index in [2.05, 4.69) is 20.7 Å². The molecule has 1 fully saturated rings. The van der Waals surface area contributed by atoms with E-state index in [0.29, 0.717) is 29.7 Å². The smallest absolute Gasteiger partial charge is 0.480 e. The summed E-state index contributed by atoms with van der Waals surface area (Å²) in [7, 11) is 0. The topological polar surface area (TPSA) is 117 Å². The third-order valence-corrected chi connectivity index (χ3v) is 9.16. The van der Waals surface area contributed by atoms with Crippen LogP contribution < -0.4 is 20.7 Å². The minimum absolute atomic E-state index is 0.0318. The van der Waals surface area contributed by atoms with Crippen LogP contribution >= 0.6 is 0 Å². The van der Waals surface area contributed by atoms with Crippen LogP contribution in [0.5, 0.6) is 5.75 Å². The number of alkyl halides is 3. The number of hydrogen-bond acceptors (Lipinski definition) is 4. The van der Waals surface area contributed by atoms with Gasteiger partial charge in [-0.3, -0.25) is 4.79 Å². The van der Waals surface area contributed by atoms with Crippen molar-refractivity contribution >= 4 is 29.3 Å². The molecule has 4 rings (SSSR count). The predicted molar refractivity (Wildman–Crippen MR) is 176 cm³/mol. The molecule has 0 heterocycles. The third-order valence-electron chi connectivity index (χ3n) is 9.16. The van der Waals surface area contributed by atoms with Gasteiger partial charge in [0.15, 0.2) is 0 Å². The summed E-state index contributed by atoms with van der Waals surface area (Å²) in [6.07, 6.45) is -0.863. The normalized spacial score (nSPS) is 15.3. The number of anilines is 2. The number of carboxylic acids is 1. The molecule has 252 valence electrons. The fraction of sp³-hybridized carbons (Fsp3) is 0.417. The number of carboxylic acid groups (broad SMARTS) is 1. The largest absolute Gasteiger partial charge is 0.573 e. The number of nitrogens with one attached hydrogen (secondary N) is 3. The first-order valence-electron chi connectivity index (χ1n) is 15.6. The zero-order valence-electron chi connectivity index (χ0n) is 27.5. The van der Waals surface area contributed by atoms with Gasteiger partial charge in [-0.25, -0.2) is 9.59 Å². The molecule has 11 heteroatoms. The van der Waals surface area contributed by atoms with E-state index in [1.165, 1.54) is 36.4 Å². The summed E-state index contributed by atoms with van der Waals surface area (Å²) in [5.74, 6) is -2.20. The highest BCUT2D eigenvalue weighted by molar-refractivity contribution is 6.08. The summed E-state index contributed by atoms with van der Waals surface area (Å²) in [5, 5.41) is 18.8. The van der Waals surface area contributed by atoms with Gasteiger partial charge in [0.1, 0.15) is 11.8 Å². The standard InChI is InChI=1S/C36H42F3N3O5/c1-21-18-22(2)29(23(3)19-21)41-33(46)40-28-20-25(24-10-13-26(14-11-24)47-36(37,38)39)12-15-27(28)31(43)42-30(32(44)45)35(34(4,5)6)16-8-7-9-17-35/h10-15,18-20,30H,7-9,16-17H2,1-6H3,(H,42,43)(H,44,45)(H2,40,41,46)/t30-/m1/s1. The van der Waals surface area contributed by atoms with E-state index in [-0.39, 0.29) is 11.3 Å². The van der Waals surface area contributed by atoms with Crippen LogP contribution in [0.2, 0.25) is 0 Å². The predicted octanol–water partition coefficient (Wildman–Crippen LogP) is 9.00. The SMILES string of the molecule is Cc1cc(C)c(NC(=O)Nc2cc(-c3ccc(OC(F)(F)F)cc3)ccc2C(=O)N[C@H](C(=O)O)C2(C(C)(C)C)CCCCC2)c(C)c1. The van der Waals surface area contributed by atoms with Crippen molar-refractivity contribution in [2.75, 3.05) is 10.6 Å². The summed E-state index contributed by atoms with van der Waals surface area (Å²) in [6.45, 7) is 11.7.